The van der Waals surface area contributed by atoms with Crippen molar-refractivity contribution in [3.8, 4) is 0 Å². The molecule has 2 nitrogen and oxygen atoms in total. The van der Waals surface area contributed by atoms with E-state index in [4.69, 9.17) is 0 Å². The third kappa shape index (κ3) is 2.05. The van der Waals surface area contributed by atoms with Crippen LogP contribution >= 0.6 is 0 Å². The summed E-state index contributed by atoms with van der Waals surface area (Å²) in [6.07, 6.45) is 8.31. The zero-order chi connectivity index (χ0) is 9.36. The fourth-order valence-corrected chi connectivity index (χ4v) is 2.47. The predicted octanol–water partition coefficient (Wildman–Crippen LogP) is 1.82. The minimum absolute atomic E-state index is 0.346. The van der Waals surface area contributed by atoms with E-state index in [2.05, 4.69) is 12.2 Å². The van der Waals surface area contributed by atoms with Crippen molar-refractivity contribution >= 4 is 0 Å². The number of hydrogen-bond donors (Lipinski definition) is 2. The highest BCUT2D eigenvalue weighted by Gasteiger charge is 2.36. The summed E-state index contributed by atoms with van der Waals surface area (Å²) in [7, 11) is 0. The van der Waals surface area contributed by atoms with Crippen LogP contribution in [0.15, 0.2) is 0 Å². The Morgan fingerprint density at radius 3 is 2.15 bits per heavy atom. The van der Waals surface area contributed by atoms with Crippen LogP contribution in [-0.2, 0) is 0 Å². The summed E-state index contributed by atoms with van der Waals surface area (Å²) in [6, 6.07) is 0. The Bertz CT molecular complexity index is 181. The number of β-amino-alcohol motifs (C(OH)–C–C–N with tert-alkyl or cyclic N) is 1. The summed E-state index contributed by atoms with van der Waals surface area (Å²) in [5.74, 6) is 0. The van der Waals surface area contributed by atoms with Crippen LogP contribution in [0.4, 0.5) is 0 Å². The van der Waals surface area contributed by atoms with Crippen molar-refractivity contribution in [2.45, 2.75) is 63.0 Å². The Balaban J connectivity index is 1.77. The maximum Gasteiger partial charge on any atom is 0.0771 e. The predicted molar refractivity (Wildman–Crippen MR) is 53.7 cm³/mol. The van der Waals surface area contributed by atoms with Crippen LogP contribution in [0, 0.1) is 0 Å². The number of hydrogen-bond acceptors (Lipinski definition) is 2. The van der Waals surface area contributed by atoms with Gasteiger partial charge in [-0.25, -0.2) is 0 Å². The fourth-order valence-electron chi connectivity index (χ4n) is 2.47. The molecule has 2 saturated carbocycles. The van der Waals surface area contributed by atoms with Crippen molar-refractivity contribution in [1.82, 2.24) is 5.32 Å². The largest absolute Gasteiger partial charge is 0.389 e. The Morgan fingerprint density at radius 1 is 1.08 bits per heavy atom. The average molecular weight is 183 g/mol. The van der Waals surface area contributed by atoms with Crippen LogP contribution in [0.1, 0.15) is 51.9 Å². The smallest absolute Gasteiger partial charge is 0.0771 e. The molecule has 0 aliphatic heterocycles. The summed E-state index contributed by atoms with van der Waals surface area (Å²) in [6.45, 7) is 3.08. The van der Waals surface area contributed by atoms with Gasteiger partial charge in [0.15, 0.2) is 0 Å². The van der Waals surface area contributed by atoms with Gasteiger partial charge in [0, 0.05) is 12.1 Å². The van der Waals surface area contributed by atoms with Crippen molar-refractivity contribution in [3.63, 3.8) is 0 Å². The Kier molecular flexibility index (Phi) is 2.37. The zero-order valence-electron chi connectivity index (χ0n) is 8.60. The van der Waals surface area contributed by atoms with Crippen LogP contribution in [0.5, 0.6) is 0 Å². The van der Waals surface area contributed by atoms with E-state index in [9.17, 15) is 5.11 Å². The van der Waals surface area contributed by atoms with Crippen LogP contribution in [-0.4, -0.2) is 22.8 Å². The molecule has 0 atom stereocenters. The standard InChI is InChI=1S/C11H21NO/c1-10(5-4-6-10)12-9-11(13)7-2-3-8-11/h12-13H,2-9H2,1H3. The van der Waals surface area contributed by atoms with Crippen LogP contribution in [0.3, 0.4) is 0 Å². The first kappa shape index (κ1) is 9.47. The van der Waals surface area contributed by atoms with Gasteiger partial charge in [-0.15, -0.1) is 0 Å². The number of nitrogens with one attached hydrogen (secondary N) is 1. The third-order valence-corrected chi connectivity index (χ3v) is 3.84. The lowest BCUT2D eigenvalue weighted by Crippen LogP contribution is -2.53. The van der Waals surface area contributed by atoms with Gasteiger partial charge < -0.3 is 10.4 Å². The molecule has 2 aliphatic rings. The van der Waals surface area contributed by atoms with Gasteiger partial charge in [0.2, 0.25) is 0 Å². The molecule has 0 heterocycles. The summed E-state index contributed by atoms with van der Waals surface area (Å²) in [5, 5.41) is 13.6. The first-order valence-corrected chi connectivity index (χ1v) is 5.59. The Morgan fingerprint density at radius 2 is 1.69 bits per heavy atom. The van der Waals surface area contributed by atoms with E-state index in [1.165, 1.54) is 32.1 Å². The molecule has 13 heavy (non-hydrogen) atoms. The molecule has 0 aromatic rings. The van der Waals surface area contributed by atoms with Crippen molar-refractivity contribution in [2.24, 2.45) is 0 Å². The van der Waals surface area contributed by atoms with E-state index in [1.54, 1.807) is 0 Å². The lowest BCUT2D eigenvalue weighted by molar-refractivity contribution is 0.0317. The summed E-state index contributed by atoms with van der Waals surface area (Å²) >= 11 is 0. The SMILES string of the molecule is CC1(NCC2(O)CCCC2)CCC1. The zero-order valence-corrected chi connectivity index (χ0v) is 8.60. The topological polar surface area (TPSA) is 32.3 Å². The summed E-state index contributed by atoms with van der Waals surface area (Å²) in [5.41, 5.74) is -0.0308. The molecule has 0 saturated heterocycles. The van der Waals surface area contributed by atoms with Crippen molar-refractivity contribution < 1.29 is 5.11 Å². The highest BCUT2D eigenvalue weighted by atomic mass is 16.3. The average Bonchev–Trinajstić information content (AvgIpc) is 2.46. The van der Waals surface area contributed by atoms with Crippen LogP contribution < -0.4 is 5.32 Å². The van der Waals surface area contributed by atoms with Gasteiger partial charge in [0.1, 0.15) is 0 Å². The molecule has 2 heteroatoms. The van der Waals surface area contributed by atoms with E-state index >= 15 is 0 Å². The minimum atomic E-state index is -0.376. The maximum atomic E-state index is 10.1. The van der Waals surface area contributed by atoms with Crippen molar-refractivity contribution in [3.05, 3.63) is 0 Å². The second kappa shape index (κ2) is 3.25. The summed E-state index contributed by atoms with van der Waals surface area (Å²) in [4.78, 5) is 0. The Labute approximate surface area is 80.7 Å². The van der Waals surface area contributed by atoms with Crippen LogP contribution in [0.25, 0.3) is 0 Å². The lowest BCUT2D eigenvalue weighted by Gasteiger charge is -2.41. The molecular formula is C11H21NO. The normalized spacial score (nSPS) is 30.0. The van der Waals surface area contributed by atoms with Gasteiger partial charge in [-0.2, -0.15) is 0 Å². The quantitative estimate of drug-likeness (QED) is 0.699. The lowest BCUT2D eigenvalue weighted by atomic mass is 9.78. The molecule has 0 bridgehead atoms. The monoisotopic (exact) mass is 183 g/mol. The number of rotatable bonds is 3. The second-order valence-electron chi connectivity index (χ2n) is 5.20. The molecule has 2 aliphatic carbocycles. The summed E-state index contributed by atoms with van der Waals surface area (Å²) < 4.78 is 0. The first-order chi connectivity index (χ1) is 6.12. The molecule has 0 spiro atoms. The molecule has 0 radical (unpaired) electrons. The third-order valence-electron chi connectivity index (χ3n) is 3.84. The molecule has 2 rings (SSSR count). The number of aliphatic hydroxyl groups is 1. The highest BCUT2D eigenvalue weighted by Crippen LogP contribution is 2.33. The van der Waals surface area contributed by atoms with E-state index in [0.717, 1.165) is 19.4 Å². The molecule has 0 amide bonds. The second-order valence-corrected chi connectivity index (χ2v) is 5.20. The molecular weight excluding hydrogens is 162 g/mol. The first-order valence-electron chi connectivity index (χ1n) is 5.59. The van der Waals surface area contributed by atoms with E-state index in [0.29, 0.717) is 5.54 Å². The highest BCUT2D eigenvalue weighted by molar-refractivity contribution is 4.95. The Hall–Kier alpha value is -0.0800. The maximum absolute atomic E-state index is 10.1. The van der Waals surface area contributed by atoms with Crippen LogP contribution in [0.2, 0.25) is 0 Å². The van der Waals surface area contributed by atoms with Gasteiger partial charge in [-0.3, -0.25) is 0 Å². The minimum Gasteiger partial charge on any atom is -0.389 e. The van der Waals surface area contributed by atoms with E-state index in [-0.39, 0.29) is 5.60 Å². The molecule has 0 unspecified atom stereocenters. The molecule has 76 valence electrons. The molecule has 2 fully saturated rings. The van der Waals surface area contributed by atoms with Gasteiger partial charge in [0.25, 0.3) is 0 Å². The fraction of sp³-hybridized carbons (Fsp3) is 1.00. The molecule has 0 aromatic heterocycles. The van der Waals surface area contributed by atoms with Gasteiger partial charge in [-0.1, -0.05) is 12.8 Å². The van der Waals surface area contributed by atoms with Crippen molar-refractivity contribution in [1.29, 1.82) is 0 Å². The van der Waals surface area contributed by atoms with Crippen molar-refractivity contribution in [2.75, 3.05) is 6.54 Å². The van der Waals surface area contributed by atoms with E-state index < -0.39 is 0 Å². The van der Waals surface area contributed by atoms with E-state index in [1.807, 2.05) is 0 Å². The molecule has 2 N–H and O–H groups in total. The van der Waals surface area contributed by atoms with Gasteiger partial charge in [0.05, 0.1) is 5.60 Å². The van der Waals surface area contributed by atoms with Gasteiger partial charge in [-0.05, 0) is 39.0 Å². The van der Waals surface area contributed by atoms with Gasteiger partial charge >= 0.3 is 0 Å². The molecule has 0 aromatic carbocycles.